The Hall–Kier alpha value is -1.06. The number of hydrogen-bond acceptors (Lipinski definition) is 3. The van der Waals surface area contributed by atoms with Gasteiger partial charge in [0.05, 0.1) is 6.54 Å². The lowest BCUT2D eigenvalue weighted by atomic mass is 10.2. The zero-order valence-corrected chi connectivity index (χ0v) is 8.41. The van der Waals surface area contributed by atoms with Gasteiger partial charge in [-0.25, -0.2) is 0 Å². The first kappa shape index (κ1) is 10.0. The number of rotatable bonds is 3. The van der Waals surface area contributed by atoms with Crippen molar-refractivity contribution in [3.8, 4) is 0 Å². The zero-order valence-electron chi connectivity index (χ0n) is 8.41. The van der Waals surface area contributed by atoms with Crippen molar-refractivity contribution < 1.29 is 9.53 Å². The van der Waals surface area contributed by atoms with Crippen molar-refractivity contribution in [1.29, 1.82) is 0 Å². The highest BCUT2D eigenvalue weighted by atomic mass is 16.5. The SMILES string of the molecule is CCC(=O)N(C)C(C)C1=NCCO1. The van der Waals surface area contributed by atoms with Crippen LogP contribution in [-0.4, -0.2) is 42.9 Å². The summed E-state index contributed by atoms with van der Waals surface area (Å²) < 4.78 is 5.29. The first-order valence-corrected chi connectivity index (χ1v) is 4.59. The van der Waals surface area contributed by atoms with Crippen LogP contribution in [0.5, 0.6) is 0 Å². The number of ether oxygens (including phenoxy) is 1. The van der Waals surface area contributed by atoms with Crippen LogP contribution in [0.15, 0.2) is 4.99 Å². The maximum Gasteiger partial charge on any atom is 0.222 e. The van der Waals surface area contributed by atoms with Gasteiger partial charge in [0, 0.05) is 13.5 Å². The van der Waals surface area contributed by atoms with E-state index in [2.05, 4.69) is 4.99 Å². The van der Waals surface area contributed by atoms with Gasteiger partial charge in [-0.3, -0.25) is 9.79 Å². The van der Waals surface area contributed by atoms with Gasteiger partial charge in [-0.2, -0.15) is 0 Å². The molecule has 13 heavy (non-hydrogen) atoms. The van der Waals surface area contributed by atoms with Crippen molar-refractivity contribution in [1.82, 2.24) is 4.90 Å². The van der Waals surface area contributed by atoms with E-state index in [0.29, 0.717) is 25.5 Å². The molecule has 4 heteroatoms. The predicted octanol–water partition coefficient (Wildman–Crippen LogP) is 0.672. The summed E-state index contributed by atoms with van der Waals surface area (Å²) in [7, 11) is 1.78. The first-order valence-electron chi connectivity index (χ1n) is 4.59. The Morgan fingerprint density at radius 3 is 2.92 bits per heavy atom. The summed E-state index contributed by atoms with van der Waals surface area (Å²) >= 11 is 0. The van der Waals surface area contributed by atoms with Crippen LogP contribution >= 0.6 is 0 Å². The molecular formula is C9H16N2O2. The molecule has 0 N–H and O–H groups in total. The topological polar surface area (TPSA) is 41.9 Å². The van der Waals surface area contributed by atoms with E-state index in [1.54, 1.807) is 11.9 Å². The third-order valence-corrected chi connectivity index (χ3v) is 2.24. The van der Waals surface area contributed by atoms with Crippen molar-refractivity contribution in [3.05, 3.63) is 0 Å². The molecule has 1 rings (SSSR count). The van der Waals surface area contributed by atoms with Crippen LogP contribution in [0.4, 0.5) is 0 Å². The predicted molar refractivity (Wildman–Crippen MR) is 50.8 cm³/mol. The monoisotopic (exact) mass is 184 g/mol. The van der Waals surface area contributed by atoms with Crippen molar-refractivity contribution in [3.63, 3.8) is 0 Å². The molecule has 0 aromatic heterocycles. The Labute approximate surface area is 78.6 Å². The highest BCUT2D eigenvalue weighted by Gasteiger charge is 2.22. The second-order valence-corrected chi connectivity index (χ2v) is 3.10. The fourth-order valence-corrected chi connectivity index (χ4v) is 1.24. The van der Waals surface area contributed by atoms with Gasteiger partial charge in [-0.1, -0.05) is 6.92 Å². The molecule has 0 saturated carbocycles. The number of likely N-dealkylation sites (N-methyl/N-ethyl adjacent to an activating group) is 1. The minimum atomic E-state index is -0.0325. The molecule has 1 unspecified atom stereocenters. The van der Waals surface area contributed by atoms with Gasteiger partial charge in [-0.15, -0.1) is 0 Å². The normalized spacial score (nSPS) is 17.6. The lowest BCUT2D eigenvalue weighted by molar-refractivity contribution is -0.130. The summed E-state index contributed by atoms with van der Waals surface area (Å²) in [6, 6.07) is -0.0325. The van der Waals surface area contributed by atoms with Crippen molar-refractivity contribution in [2.24, 2.45) is 4.99 Å². The van der Waals surface area contributed by atoms with Gasteiger partial charge in [-0.05, 0) is 6.92 Å². The first-order chi connectivity index (χ1) is 6.16. The Kier molecular flexibility index (Phi) is 3.28. The molecule has 0 aromatic rings. The minimum Gasteiger partial charge on any atom is -0.478 e. The van der Waals surface area contributed by atoms with Crippen molar-refractivity contribution in [2.45, 2.75) is 26.3 Å². The van der Waals surface area contributed by atoms with Crippen LogP contribution in [0.3, 0.4) is 0 Å². The molecule has 1 atom stereocenters. The second kappa shape index (κ2) is 4.25. The molecule has 0 fully saturated rings. The fourth-order valence-electron chi connectivity index (χ4n) is 1.24. The third kappa shape index (κ3) is 2.20. The van der Waals surface area contributed by atoms with E-state index in [1.807, 2.05) is 13.8 Å². The average Bonchev–Trinajstić information content (AvgIpc) is 2.67. The molecule has 1 heterocycles. The number of aliphatic imine (C=N–C) groups is 1. The van der Waals surface area contributed by atoms with Gasteiger partial charge >= 0.3 is 0 Å². The van der Waals surface area contributed by atoms with E-state index < -0.39 is 0 Å². The van der Waals surface area contributed by atoms with E-state index in [-0.39, 0.29) is 11.9 Å². The van der Waals surface area contributed by atoms with Gasteiger partial charge < -0.3 is 9.64 Å². The van der Waals surface area contributed by atoms with Gasteiger partial charge in [0.25, 0.3) is 0 Å². The second-order valence-electron chi connectivity index (χ2n) is 3.10. The van der Waals surface area contributed by atoms with Crippen molar-refractivity contribution >= 4 is 11.8 Å². The Morgan fingerprint density at radius 1 is 1.77 bits per heavy atom. The van der Waals surface area contributed by atoms with Crippen LogP contribution in [0.2, 0.25) is 0 Å². The summed E-state index contributed by atoms with van der Waals surface area (Å²) in [6.07, 6.45) is 0.522. The maximum absolute atomic E-state index is 11.3. The highest BCUT2D eigenvalue weighted by Crippen LogP contribution is 2.06. The minimum absolute atomic E-state index is 0.0325. The van der Waals surface area contributed by atoms with Gasteiger partial charge in [0.1, 0.15) is 12.6 Å². The number of amides is 1. The fraction of sp³-hybridized carbons (Fsp3) is 0.778. The van der Waals surface area contributed by atoms with E-state index in [1.165, 1.54) is 0 Å². The molecule has 0 bridgehead atoms. The smallest absolute Gasteiger partial charge is 0.222 e. The molecule has 0 saturated heterocycles. The van der Waals surface area contributed by atoms with Gasteiger partial charge in [0.2, 0.25) is 11.8 Å². The highest BCUT2D eigenvalue weighted by molar-refractivity contribution is 5.87. The number of carbonyl (C=O) groups is 1. The summed E-state index contributed by atoms with van der Waals surface area (Å²) in [4.78, 5) is 17.2. The molecule has 0 spiro atoms. The van der Waals surface area contributed by atoms with Crippen LogP contribution in [0, 0.1) is 0 Å². The van der Waals surface area contributed by atoms with Crippen LogP contribution in [-0.2, 0) is 9.53 Å². The van der Waals surface area contributed by atoms with E-state index in [9.17, 15) is 4.79 Å². The quantitative estimate of drug-likeness (QED) is 0.647. The summed E-state index contributed by atoms with van der Waals surface area (Å²) in [6.45, 7) is 5.14. The van der Waals surface area contributed by atoms with Gasteiger partial charge in [0.15, 0.2) is 0 Å². The molecule has 0 aromatic carbocycles. The Balaban J connectivity index is 2.55. The third-order valence-electron chi connectivity index (χ3n) is 2.24. The largest absolute Gasteiger partial charge is 0.478 e. The molecule has 1 aliphatic rings. The van der Waals surface area contributed by atoms with Crippen LogP contribution in [0.1, 0.15) is 20.3 Å². The molecule has 4 nitrogen and oxygen atoms in total. The van der Waals surface area contributed by atoms with E-state index in [0.717, 1.165) is 0 Å². The number of nitrogens with zero attached hydrogens (tertiary/aromatic N) is 2. The number of hydrogen-bond donors (Lipinski definition) is 0. The summed E-state index contributed by atoms with van der Waals surface area (Å²) in [5.74, 6) is 0.801. The van der Waals surface area contributed by atoms with Crippen LogP contribution < -0.4 is 0 Å². The molecule has 1 aliphatic heterocycles. The Bertz CT molecular complexity index is 226. The lowest BCUT2D eigenvalue weighted by Gasteiger charge is -2.23. The molecule has 1 amide bonds. The zero-order chi connectivity index (χ0) is 9.84. The van der Waals surface area contributed by atoms with Crippen LogP contribution in [0.25, 0.3) is 0 Å². The number of carbonyl (C=O) groups excluding carboxylic acids is 1. The Morgan fingerprint density at radius 2 is 2.46 bits per heavy atom. The molecular weight excluding hydrogens is 168 g/mol. The average molecular weight is 184 g/mol. The van der Waals surface area contributed by atoms with Crippen molar-refractivity contribution in [2.75, 3.05) is 20.2 Å². The summed E-state index contributed by atoms with van der Waals surface area (Å²) in [5.41, 5.74) is 0. The molecule has 74 valence electrons. The summed E-state index contributed by atoms with van der Waals surface area (Å²) in [5, 5.41) is 0. The lowest BCUT2D eigenvalue weighted by Crippen LogP contribution is -2.40. The van der Waals surface area contributed by atoms with E-state index >= 15 is 0 Å². The maximum atomic E-state index is 11.3. The standard InChI is InChI=1S/C9H16N2O2/c1-4-8(12)11(3)7(2)9-10-5-6-13-9/h7H,4-6H2,1-3H3. The van der Waals surface area contributed by atoms with E-state index in [4.69, 9.17) is 4.74 Å². The molecule has 0 aliphatic carbocycles. The molecule has 0 radical (unpaired) electrons.